The van der Waals surface area contributed by atoms with Crippen LogP contribution in [-0.2, 0) is 0 Å². The van der Waals surface area contributed by atoms with E-state index in [-0.39, 0.29) is 17.3 Å². The number of ketones is 2. The van der Waals surface area contributed by atoms with Crippen LogP contribution >= 0.6 is 15.9 Å². The minimum atomic E-state index is -0.797. The SMILES string of the molecule is Cc1cc2c(cc1C)C(=O)C(Br)C(=N)C2=O. The summed E-state index contributed by atoms with van der Waals surface area (Å²) >= 11 is 3.08. The van der Waals surface area contributed by atoms with Crippen LogP contribution < -0.4 is 0 Å². The predicted molar refractivity (Wildman–Crippen MR) is 65.0 cm³/mol. The van der Waals surface area contributed by atoms with Gasteiger partial charge < -0.3 is 0 Å². The first-order chi connectivity index (χ1) is 7.43. The van der Waals surface area contributed by atoms with E-state index >= 15 is 0 Å². The van der Waals surface area contributed by atoms with Crippen molar-refractivity contribution in [2.24, 2.45) is 0 Å². The smallest absolute Gasteiger partial charge is 0.208 e. The molecule has 1 N–H and O–H groups in total. The van der Waals surface area contributed by atoms with E-state index in [1.54, 1.807) is 12.1 Å². The lowest BCUT2D eigenvalue weighted by Gasteiger charge is -2.20. The Morgan fingerprint density at radius 2 is 1.62 bits per heavy atom. The van der Waals surface area contributed by atoms with Crippen LogP contribution in [0.3, 0.4) is 0 Å². The Morgan fingerprint density at radius 3 is 2.19 bits per heavy atom. The van der Waals surface area contributed by atoms with Crippen LogP contribution in [0, 0.1) is 19.3 Å². The summed E-state index contributed by atoms with van der Waals surface area (Å²) in [5.41, 5.74) is 2.54. The Kier molecular flexibility index (Phi) is 2.54. The molecule has 2 rings (SSSR count). The van der Waals surface area contributed by atoms with Gasteiger partial charge in [0.15, 0.2) is 5.78 Å². The van der Waals surface area contributed by atoms with Crippen molar-refractivity contribution in [2.45, 2.75) is 18.7 Å². The Hall–Kier alpha value is -1.29. The molecule has 0 bridgehead atoms. The molecular formula is C12H10BrNO2. The van der Waals surface area contributed by atoms with Crippen molar-refractivity contribution in [2.75, 3.05) is 0 Å². The number of hydrogen-bond donors (Lipinski definition) is 1. The number of fused-ring (bicyclic) bond motifs is 1. The van der Waals surface area contributed by atoms with Gasteiger partial charge >= 0.3 is 0 Å². The Labute approximate surface area is 101 Å². The number of alkyl halides is 1. The molecule has 16 heavy (non-hydrogen) atoms. The average Bonchev–Trinajstić information content (AvgIpc) is 2.26. The molecule has 0 aliphatic heterocycles. The summed E-state index contributed by atoms with van der Waals surface area (Å²) in [6.45, 7) is 3.79. The molecule has 0 amide bonds. The third kappa shape index (κ3) is 1.45. The van der Waals surface area contributed by atoms with Crippen molar-refractivity contribution in [1.82, 2.24) is 0 Å². The molecule has 1 aromatic rings. The summed E-state index contributed by atoms with van der Waals surface area (Å²) < 4.78 is 0. The maximum atomic E-state index is 11.9. The first-order valence-corrected chi connectivity index (χ1v) is 5.77. The van der Waals surface area contributed by atoms with E-state index in [0.29, 0.717) is 11.1 Å². The highest BCUT2D eigenvalue weighted by Crippen LogP contribution is 2.26. The van der Waals surface area contributed by atoms with Gasteiger partial charge in [-0.2, -0.15) is 0 Å². The van der Waals surface area contributed by atoms with Crippen molar-refractivity contribution in [3.63, 3.8) is 0 Å². The molecule has 1 atom stereocenters. The number of hydrogen-bond acceptors (Lipinski definition) is 3. The second-order valence-corrected chi connectivity index (χ2v) is 4.87. The molecule has 1 aliphatic carbocycles. The van der Waals surface area contributed by atoms with Gasteiger partial charge in [-0.15, -0.1) is 0 Å². The van der Waals surface area contributed by atoms with E-state index in [9.17, 15) is 9.59 Å². The van der Waals surface area contributed by atoms with Gasteiger partial charge in [0.1, 0.15) is 10.5 Å². The molecule has 1 unspecified atom stereocenters. The quantitative estimate of drug-likeness (QED) is 0.742. The molecule has 0 saturated heterocycles. The van der Waals surface area contributed by atoms with Crippen molar-refractivity contribution in [3.05, 3.63) is 34.4 Å². The summed E-state index contributed by atoms with van der Waals surface area (Å²) in [5.74, 6) is -0.567. The minimum Gasteiger partial charge on any atom is -0.300 e. The zero-order valence-corrected chi connectivity index (χ0v) is 10.5. The molecule has 0 spiro atoms. The average molecular weight is 280 g/mol. The van der Waals surface area contributed by atoms with Crippen LogP contribution in [-0.4, -0.2) is 22.1 Å². The highest BCUT2D eigenvalue weighted by molar-refractivity contribution is 9.10. The fourth-order valence-electron chi connectivity index (χ4n) is 1.74. The van der Waals surface area contributed by atoms with E-state index in [1.165, 1.54) is 0 Å². The second-order valence-electron chi connectivity index (χ2n) is 3.95. The van der Waals surface area contributed by atoms with Crippen LogP contribution in [0.5, 0.6) is 0 Å². The van der Waals surface area contributed by atoms with Crippen LogP contribution in [0.2, 0.25) is 0 Å². The maximum absolute atomic E-state index is 11.9. The molecule has 0 radical (unpaired) electrons. The second kappa shape index (κ2) is 3.63. The molecular weight excluding hydrogens is 270 g/mol. The van der Waals surface area contributed by atoms with E-state index in [0.717, 1.165) is 11.1 Å². The summed E-state index contributed by atoms with van der Waals surface area (Å²) in [4.78, 5) is 22.9. The normalized spacial score (nSPS) is 19.9. The number of Topliss-reactive ketones (excluding diaryl/α,β-unsaturated/α-hetero) is 2. The van der Waals surface area contributed by atoms with Crippen LogP contribution in [0.25, 0.3) is 0 Å². The van der Waals surface area contributed by atoms with E-state index in [4.69, 9.17) is 5.41 Å². The number of benzene rings is 1. The fourth-order valence-corrected chi connectivity index (χ4v) is 2.19. The first-order valence-electron chi connectivity index (χ1n) is 4.86. The van der Waals surface area contributed by atoms with Gasteiger partial charge in [0.05, 0.1) is 0 Å². The van der Waals surface area contributed by atoms with E-state index in [1.807, 2.05) is 13.8 Å². The molecule has 82 valence electrons. The highest BCUT2D eigenvalue weighted by atomic mass is 79.9. The van der Waals surface area contributed by atoms with E-state index in [2.05, 4.69) is 15.9 Å². The molecule has 4 heteroatoms. The molecule has 3 nitrogen and oxygen atoms in total. The zero-order valence-electron chi connectivity index (χ0n) is 8.93. The predicted octanol–water partition coefficient (Wildman–Crippen LogP) is 2.47. The molecule has 1 aromatic carbocycles. The number of aryl methyl sites for hydroxylation is 2. The molecule has 1 aliphatic rings. The topological polar surface area (TPSA) is 58.0 Å². The zero-order chi connectivity index (χ0) is 12.0. The first kappa shape index (κ1) is 11.2. The number of nitrogens with one attached hydrogen (secondary N) is 1. The van der Waals surface area contributed by atoms with Gasteiger partial charge in [0, 0.05) is 11.1 Å². The van der Waals surface area contributed by atoms with Crippen LogP contribution in [0.1, 0.15) is 31.8 Å². The monoisotopic (exact) mass is 279 g/mol. The van der Waals surface area contributed by atoms with Crippen molar-refractivity contribution in [3.8, 4) is 0 Å². The van der Waals surface area contributed by atoms with Gasteiger partial charge in [0.25, 0.3) is 0 Å². The van der Waals surface area contributed by atoms with Crippen molar-refractivity contribution in [1.29, 1.82) is 5.41 Å². The lowest BCUT2D eigenvalue weighted by atomic mass is 9.86. The number of carbonyl (C=O) groups is 2. The summed E-state index contributed by atoms with van der Waals surface area (Å²) in [5, 5.41) is 7.57. The van der Waals surface area contributed by atoms with Crippen LogP contribution in [0.4, 0.5) is 0 Å². The molecule has 0 saturated carbocycles. The number of carbonyl (C=O) groups excluding carboxylic acids is 2. The summed E-state index contributed by atoms with van der Waals surface area (Å²) in [6, 6.07) is 3.42. The van der Waals surface area contributed by atoms with E-state index < -0.39 is 4.83 Å². The lowest BCUT2D eigenvalue weighted by molar-refractivity contribution is 0.0970. The van der Waals surface area contributed by atoms with Gasteiger partial charge in [-0.3, -0.25) is 15.0 Å². The summed E-state index contributed by atoms with van der Waals surface area (Å²) in [6.07, 6.45) is 0. The molecule has 0 heterocycles. The maximum Gasteiger partial charge on any atom is 0.208 e. The van der Waals surface area contributed by atoms with Gasteiger partial charge in [0.2, 0.25) is 5.78 Å². The van der Waals surface area contributed by atoms with Gasteiger partial charge in [-0.1, -0.05) is 15.9 Å². The molecule has 0 aromatic heterocycles. The number of rotatable bonds is 0. The van der Waals surface area contributed by atoms with Gasteiger partial charge in [-0.05, 0) is 37.1 Å². The van der Waals surface area contributed by atoms with Gasteiger partial charge in [-0.25, -0.2) is 0 Å². The third-order valence-corrected chi connectivity index (χ3v) is 3.75. The number of halogens is 1. The summed E-state index contributed by atoms with van der Waals surface area (Å²) in [7, 11) is 0. The van der Waals surface area contributed by atoms with Crippen molar-refractivity contribution >= 4 is 33.2 Å². The van der Waals surface area contributed by atoms with Crippen LogP contribution in [0.15, 0.2) is 12.1 Å². The van der Waals surface area contributed by atoms with Crippen molar-refractivity contribution < 1.29 is 9.59 Å². The minimum absolute atomic E-state index is 0.180. The Balaban J connectivity index is 2.73. The highest BCUT2D eigenvalue weighted by Gasteiger charge is 2.35. The third-order valence-electron chi connectivity index (χ3n) is 2.87. The Bertz CT molecular complexity index is 534. The largest absolute Gasteiger partial charge is 0.300 e. The fraction of sp³-hybridized carbons (Fsp3) is 0.250. The molecule has 0 fully saturated rings. The Morgan fingerprint density at radius 1 is 1.12 bits per heavy atom. The standard InChI is InChI=1S/C12H10BrNO2/c1-5-3-7-8(4-6(5)2)12(16)10(14)9(13)11(7)15/h3-4,9,14H,1-2H3. The lowest BCUT2D eigenvalue weighted by Crippen LogP contribution is -2.37.